The van der Waals surface area contributed by atoms with Gasteiger partial charge in [-0.05, 0) is 6.42 Å². The maximum Gasteiger partial charge on any atom is 0.415 e. The number of amides is 3. The molecule has 0 spiro atoms. The summed E-state index contributed by atoms with van der Waals surface area (Å²) in [5.74, 6) is 0. The maximum absolute atomic E-state index is 10.8. The second-order valence-electron chi connectivity index (χ2n) is 5.66. The fraction of sp³-hybridized carbons (Fsp3) is 0.875. The molecule has 0 heterocycles. The fourth-order valence-electron chi connectivity index (χ4n) is 2.41. The topological polar surface area (TPSA) is 83.6 Å². The quantitative estimate of drug-likeness (QED) is 0.481. The molecule has 5 heteroatoms. The second kappa shape index (κ2) is 13.7. The van der Waals surface area contributed by atoms with Crippen molar-refractivity contribution in [2.45, 2.75) is 84.0 Å². The molecule has 0 atom stereocenters. The summed E-state index contributed by atoms with van der Waals surface area (Å²) in [7, 11) is 0. The zero-order valence-electron chi connectivity index (χ0n) is 13.5. The zero-order chi connectivity index (χ0) is 15.9. The number of hydrogen-bond acceptors (Lipinski definition) is 2. The van der Waals surface area contributed by atoms with Crippen LogP contribution in [-0.2, 0) is 0 Å². The van der Waals surface area contributed by atoms with E-state index < -0.39 is 12.1 Å². The van der Waals surface area contributed by atoms with Crippen molar-refractivity contribution in [3.05, 3.63) is 0 Å². The summed E-state index contributed by atoms with van der Waals surface area (Å²) in [5.41, 5.74) is 4.98. The first-order valence-corrected chi connectivity index (χ1v) is 8.39. The minimum Gasteiger partial charge on any atom is -0.465 e. The predicted octanol–water partition coefficient (Wildman–Crippen LogP) is 4.75. The van der Waals surface area contributed by atoms with E-state index in [2.05, 4.69) is 6.92 Å². The van der Waals surface area contributed by atoms with Gasteiger partial charge in [0.05, 0.1) is 0 Å². The largest absolute Gasteiger partial charge is 0.465 e. The van der Waals surface area contributed by atoms with E-state index in [1.807, 2.05) is 0 Å². The number of primary amides is 1. The number of nitrogens with two attached hydrogens (primary N) is 1. The Bertz CT molecular complexity index is 269. The molecule has 0 bridgehead atoms. The fourth-order valence-corrected chi connectivity index (χ4v) is 2.41. The van der Waals surface area contributed by atoms with Gasteiger partial charge >= 0.3 is 12.1 Å². The van der Waals surface area contributed by atoms with E-state index in [9.17, 15) is 9.59 Å². The molecular weight excluding hydrogens is 268 g/mol. The molecule has 5 nitrogen and oxygen atoms in total. The van der Waals surface area contributed by atoms with Gasteiger partial charge in [0.1, 0.15) is 0 Å². The first-order valence-electron chi connectivity index (χ1n) is 8.39. The van der Waals surface area contributed by atoms with Crippen molar-refractivity contribution < 1.29 is 14.7 Å². The van der Waals surface area contributed by atoms with Gasteiger partial charge in [0, 0.05) is 6.54 Å². The molecule has 0 rings (SSSR count). The van der Waals surface area contributed by atoms with Crippen LogP contribution in [0.3, 0.4) is 0 Å². The van der Waals surface area contributed by atoms with Crippen LogP contribution in [0.4, 0.5) is 9.59 Å². The van der Waals surface area contributed by atoms with Crippen LogP contribution in [0, 0.1) is 0 Å². The lowest BCUT2D eigenvalue weighted by Gasteiger charge is -2.13. The van der Waals surface area contributed by atoms with E-state index in [-0.39, 0.29) is 6.54 Å². The molecule has 0 aromatic carbocycles. The number of carbonyl (C=O) groups is 2. The van der Waals surface area contributed by atoms with Crippen LogP contribution in [0.25, 0.3) is 0 Å². The summed E-state index contributed by atoms with van der Waals surface area (Å²) in [6.45, 7) is 2.45. The van der Waals surface area contributed by atoms with Gasteiger partial charge in [-0.2, -0.15) is 0 Å². The number of hydrogen-bond donors (Lipinski definition) is 2. The van der Waals surface area contributed by atoms with Crippen molar-refractivity contribution in [2.75, 3.05) is 6.54 Å². The van der Waals surface area contributed by atoms with Gasteiger partial charge in [-0.15, -0.1) is 0 Å². The molecule has 0 radical (unpaired) electrons. The molecule has 21 heavy (non-hydrogen) atoms. The molecule has 0 aliphatic heterocycles. The summed E-state index contributed by atoms with van der Waals surface area (Å²) in [6, 6.07) is -0.884. The third kappa shape index (κ3) is 12.2. The molecule has 124 valence electrons. The van der Waals surface area contributed by atoms with Crippen LogP contribution in [0.5, 0.6) is 0 Å². The Balaban J connectivity index is 3.29. The lowest BCUT2D eigenvalue weighted by Crippen LogP contribution is -2.40. The number of unbranched alkanes of at least 4 members (excludes halogenated alkanes) is 11. The Morgan fingerprint density at radius 3 is 1.52 bits per heavy atom. The van der Waals surface area contributed by atoms with Gasteiger partial charge in [-0.3, -0.25) is 0 Å². The van der Waals surface area contributed by atoms with E-state index in [1.165, 1.54) is 57.8 Å². The summed E-state index contributed by atoms with van der Waals surface area (Å²) in [4.78, 5) is 22.2. The smallest absolute Gasteiger partial charge is 0.415 e. The highest BCUT2D eigenvalue weighted by Gasteiger charge is 2.16. The van der Waals surface area contributed by atoms with Crippen molar-refractivity contribution in [1.82, 2.24) is 4.90 Å². The SMILES string of the molecule is CCCCCCCCCCCCCCN(C(N)=O)C(=O)O. The van der Waals surface area contributed by atoms with Crippen molar-refractivity contribution in [3.63, 3.8) is 0 Å². The summed E-state index contributed by atoms with van der Waals surface area (Å²) >= 11 is 0. The molecule has 3 N–H and O–H groups in total. The van der Waals surface area contributed by atoms with Crippen LogP contribution in [-0.4, -0.2) is 28.7 Å². The number of carbonyl (C=O) groups excluding carboxylic acids is 1. The van der Waals surface area contributed by atoms with Gasteiger partial charge in [0.15, 0.2) is 0 Å². The molecule has 3 amide bonds. The number of imide groups is 1. The Labute approximate surface area is 128 Å². The average Bonchev–Trinajstić information content (AvgIpc) is 2.43. The number of nitrogens with zero attached hydrogens (tertiary/aromatic N) is 1. The lowest BCUT2D eigenvalue weighted by molar-refractivity contribution is 0.150. The van der Waals surface area contributed by atoms with E-state index in [0.717, 1.165) is 12.8 Å². The van der Waals surface area contributed by atoms with Crippen LogP contribution in [0.2, 0.25) is 0 Å². The highest BCUT2D eigenvalue weighted by Crippen LogP contribution is 2.12. The molecule has 0 saturated carbocycles. The number of carboxylic acid groups (broad SMARTS) is 1. The minimum atomic E-state index is -1.26. The first-order chi connectivity index (χ1) is 10.1. The second-order valence-corrected chi connectivity index (χ2v) is 5.66. The van der Waals surface area contributed by atoms with Gasteiger partial charge in [0.2, 0.25) is 0 Å². The third-order valence-corrected chi connectivity index (χ3v) is 3.73. The van der Waals surface area contributed by atoms with E-state index in [4.69, 9.17) is 10.8 Å². The van der Waals surface area contributed by atoms with Crippen LogP contribution in [0.15, 0.2) is 0 Å². The standard InChI is InChI=1S/C16H32N2O3/c1-2-3-4-5-6-7-8-9-10-11-12-13-14-18(15(17)19)16(20)21/h2-14H2,1H3,(H2,17,19)(H,20,21). The summed E-state index contributed by atoms with van der Waals surface area (Å²) in [5, 5.41) is 8.75. The van der Waals surface area contributed by atoms with Gasteiger partial charge < -0.3 is 10.8 Å². The van der Waals surface area contributed by atoms with Gasteiger partial charge in [-0.1, -0.05) is 77.6 Å². The minimum absolute atomic E-state index is 0.210. The van der Waals surface area contributed by atoms with Crippen LogP contribution >= 0.6 is 0 Å². The molecule has 0 aromatic heterocycles. The maximum atomic E-state index is 10.8. The average molecular weight is 300 g/mol. The number of rotatable bonds is 13. The Kier molecular flexibility index (Phi) is 12.9. The van der Waals surface area contributed by atoms with Gasteiger partial charge in [-0.25, -0.2) is 14.5 Å². The molecule has 0 aliphatic carbocycles. The Morgan fingerprint density at radius 1 is 0.810 bits per heavy atom. The zero-order valence-corrected chi connectivity index (χ0v) is 13.5. The molecule has 0 unspecified atom stereocenters. The summed E-state index contributed by atoms with van der Waals surface area (Å²) in [6.07, 6.45) is 13.3. The molecular formula is C16H32N2O3. The molecule has 0 aliphatic rings. The third-order valence-electron chi connectivity index (χ3n) is 3.73. The highest BCUT2D eigenvalue weighted by atomic mass is 16.4. The van der Waals surface area contributed by atoms with Crippen molar-refractivity contribution in [3.8, 4) is 0 Å². The van der Waals surface area contributed by atoms with Crippen molar-refractivity contribution in [1.29, 1.82) is 0 Å². The van der Waals surface area contributed by atoms with E-state index >= 15 is 0 Å². The van der Waals surface area contributed by atoms with E-state index in [0.29, 0.717) is 11.3 Å². The molecule has 0 saturated heterocycles. The van der Waals surface area contributed by atoms with Crippen LogP contribution in [0.1, 0.15) is 84.0 Å². The normalized spacial score (nSPS) is 10.5. The first kappa shape index (κ1) is 19.7. The summed E-state index contributed by atoms with van der Waals surface area (Å²) < 4.78 is 0. The Hall–Kier alpha value is -1.26. The predicted molar refractivity (Wildman–Crippen MR) is 85.4 cm³/mol. The van der Waals surface area contributed by atoms with Crippen molar-refractivity contribution >= 4 is 12.1 Å². The van der Waals surface area contributed by atoms with Crippen LogP contribution < -0.4 is 5.73 Å². The number of urea groups is 1. The Morgan fingerprint density at radius 2 is 1.19 bits per heavy atom. The monoisotopic (exact) mass is 300 g/mol. The van der Waals surface area contributed by atoms with Gasteiger partial charge in [0.25, 0.3) is 0 Å². The lowest BCUT2D eigenvalue weighted by atomic mass is 10.1. The molecule has 0 aromatic rings. The molecule has 0 fully saturated rings. The van der Waals surface area contributed by atoms with Crippen molar-refractivity contribution in [2.24, 2.45) is 5.73 Å². The van der Waals surface area contributed by atoms with E-state index in [1.54, 1.807) is 0 Å². The highest BCUT2D eigenvalue weighted by molar-refractivity contribution is 5.88.